The number of rotatable bonds is 5. The lowest BCUT2D eigenvalue weighted by Gasteiger charge is -2.07. The van der Waals surface area contributed by atoms with Gasteiger partial charge in [-0.2, -0.15) is 0 Å². The van der Waals surface area contributed by atoms with Gasteiger partial charge in [-0.15, -0.1) is 0 Å². The van der Waals surface area contributed by atoms with E-state index in [1.165, 1.54) is 6.07 Å². The summed E-state index contributed by atoms with van der Waals surface area (Å²) in [5.41, 5.74) is 0.994. The van der Waals surface area contributed by atoms with Crippen LogP contribution < -0.4 is 10.2 Å². The largest absolute Gasteiger partial charge is 0.490 e. The Bertz CT molecular complexity index is 291. The van der Waals surface area contributed by atoms with Crippen molar-refractivity contribution < 1.29 is 13.9 Å². The van der Waals surface area contributed by atoms with Crippen LogP contribution in [-0.4, -0.2) is 28.2 Å². The van der Waals surface area contributed by atoms with E-state index in [9.17, 15) is 4.39 Å². The topological polar surface area (TPSA) is 18.5 Å². The number of hydrogen-bond donors (Lipinski definition) is 0. The standard InChI is InChI=1S/C10H14BFO2/c1-13-5-2-6-14-10-7-8(11)3-4-9(10)12/h3-4,7H,2,5-6,11H2,1H3. The molecule has 0 unspecified atom stereocenters. The van der Waals surface area contributed by atoms with Crippen LogP contribution in [0.25, 0.3) is 0 Å². The van der Waals surface area contributed by atoms with Gasteiger partial charge in [0.05, 0.1) is 6.61 Å². The van der Waals surface area contributed by atoms with E-state index in [0.717, 1.165) is 11.9 Å². The lowest BCUT2D eigenvalue weighted by Crippen LogP contribution is -2.07. The number of methoxy groups -OCH3 is 1. The Hall–Kier alpha value is -1.03. The molecule has 4 heteroatoms. The first-order valence-corrected chi connectivity index (χ1v) is 4.62. The highest BCUT2D eigenvalue weighted by atomic mass is 19.1. The molecule has 0 saturated heterocycles. The molecule has 0 atom stereocenters. The van der Waals surface area contributed by atoms with Crippen LogP contribution in [0.3, 0.4) is 0 Å². The van der Waals surface area contributed by atoms with Gasteiger partial charge >= 0.3 is 0 Å². The Morgan fingerprint density at radius 3 is 2.86 bits per heavy atom. The molecule has 2 nitrogen and oxygen atoms in total. The normalized spacial score (nSPS) is 10.1. The van der Waals surface area contributed by atoms with E-state index in [-0.39, 0.29) is 5.82 Å². The third-order valence-electron chi connectivity index (χ3n) is 1.84. The van der Waals surface area contributed by atoms with Crippen molar-refractivity contribution in [1.82, 2.24) is 0 Å². The van der Waals surface area contributed by atoms with E-state index in [1.807, 2.05) is 7.85 Å². The van der Waals surface area contributed by atoms with Crippen molar-refractivity contribution in [3.05, 3.63) is 24.0 Å². The summed E-state index contributed by atoms with van der Waals surface area (Å²) in [6.45, 7) is 1.11. The van der Waals surface area contributed by atoms with Crippen LogP contribution in [0.1, 0.15) is 6.42 Å². The van der Waals surface area contributed by atoms with Crippen LogP contribution in [0.15, 0.2) is 18.2 Å². The van der Waals surface area contributed by atoms with E-state index in [4.69, 9.17) is 9.47 Å². The van der Waals surface area contributed by atoms with Crippen LogP contribution in [0.2, 0.25) is 0 Å². The molecular formula is C10H14BFO2. The van der Waals surface area contributed by atoms with E-state index in [1.54, 1.807) is 19.2 Å². The zero-order chi connectivity index (χ0) is 10.4. The van der Waals surface area contributed by atoms with Crippen molar-refractivity contribution in [2.75, 3.05) is 20.3 Å². The fraction of sp³-hybridized carbons (Fsp3) is 0.400. The summed E-state index contributed by atoms with van der Waals surface area (Å²) in [7, 11) is 3.54. The SMILES string of the molecule is Bc1ccc(F)c(OCCCOC)c1. The summed E-state index contributed by atoms with van der Waals surface area (Å²) in [6, 6.07) is 4.83. The Kier molecular flexibility index (Phi) is 4.46. The first kappa shape index (κ1) is 11.1. The molecule has 0 aromatic heterocycles. The summed E-state index contributed by atoms with van der Waals surface area (Å²) < 4.78 is 23.2. The van der Waals surface area contributed by atoms with Crippen molar-refractivity contribution >= 4 is 13.3 Å². The van der Waals surface area contributed by atoms with Gasteiger partial charge in [-0.05, 0) is 12.1 Å². The molecule has 1 aromatic rings. The molecule has 0 spiro atoms. The molecular weight excluding hydrogens is 182 g/mol. The average Bonchev–Trinajstić information content (AvgIpc) is 2.18. The predicted molar refractivity (Wildman–Crippen MR) is 56.6 cm³/mol. The minimum atomic E-state index is -0.312. The Morgan fingerprint density at radius 2 is 2.14 bits per heavy atom. The smallest absolute Gasteiger partial charge is 0.165 e. The van der Waals surface area contributed by atoms with Gasteiger partial charge in [-0.25, -0.2) is 4.39 Å². The summed E-state index contributed by atoms with van der Waals surface area (Å²) in [5, 5.41) is 0. The third-order valence-corrected chi connectivity index (χ3v) is 1.84. The monoisotopic (exact) mass is 196 g/mol. The molecule has 1 rings (SSSR count). The molecule has 0 bridgehead atoms. The van der Waals surface area contributed by atoms with Gasteiger partial charge in [0.25, 0.3) is 0 Å². The molecule has 0 radical (unpaired) electrons. The molecule has 76 valence electrons. The first-order valence-electron chi connectivity index (χ1n) is 4.62. The molecule has 14 heavy (non-hydrogen) atoms. The van der Waals surface area contributed by atoms with Gasteiger partial charge in [0, 0.05) is 20.1 Å². The minimum absolute atomic E-state index is 0.312. The van der Waals surface area contributed by atoms with Gasteiger partial charge < -0.3 is 9.47 Å². The number of halogens is 1. The van der Waals surface area contributed by atoms with Crippen LogP contribution in [0, 0.1) is 5.82 Å². The molecule has 0 aliphatic heterocycles. The Labute approximate surface area is 84.4 Å². The first-order chi connectivity index (χ1) is 6.74. The molecule has 1 aromatic carbocycles. The maximum atomic E-state index is 13.1. The van der Waals surface area contributed by atoms with Gasteiger partial charge in [0.2, 0.25) is 0 Å². The van der Waals surface area contributed by atoms with E-state index in [0.29, 0.717) is 19.0 Å². The second-order valence-electron chi connectivity index (χ2n) is 3.13. The third kappa shape index (κ3) is 3.38. The number of hydrogen-bond acceptors (Lipinski definition) is 2. The molecule has 0 aliphatic carbocycles. The quantitative estimate of drug-likeness (QED) is 0.504. The number of benzene rings is 1. The summed E-state index contributed by atoms with van der Waals surface area (Å²) in [6.07, 6.45) is 0.768. The van der Waals surface area contributed by atoms with E-state index >= 15 is 0 Å². The second kappa shape index (κ2) is 5.65. The van der Waals surface area contributed by atoms with Crippen LogP contribution in [-0.2, 0) is 4.74 Å². The lowest BCUT2D eigenvalue weighted by molar-refractivity contribution is 0.170. The van der Waals surface area contributed by atoms with Crippen molar-refractivity contribution in [1.29, 1.82) is 0 Å². The highest BCUT2D eigenvalue weighted by Crippen LogP contribution is 2.13. The molecule has 0 heterocycles. The zero-order valence-electron chi connectivity index (χ0n) is 8.55. The molecule has 0 saturated carbocycles. The maximum Gasteiger partial charge on any atom is 0.165 e. The minimum Gasteiger partial charge on any atom is -0.490 e. The predicted octanol–water partition coefficient (Wildman–Crippen LogP) is 0.499. The fourth-order valence-corrected chi connectivity index (χ4v) is 1.11. The van der Waals surface area contributed by atoms with Crippen LogP contribution >= 0.6 is 0 Å². The summed E-state index contributed by atoms with van der Waals surface area (Å²) >= 11 is 0. The highest BCUT2D eigenvalue weighted by molar-refractivity contribution is 6.32. The highest BCUT2D eigenvalue weighted by Gasteiger charge is 2.02. The maximum absolute atomic E-state index is 13.1. The van der Waals surface area contributed by atoms with Gasteiger partial charge in [-0.3, -0.25) is 0 Å². The average molecular weight is 196 g/mol. The van der Waals surface area contributed by atoms with Crippen molar-refractivity contribution in [3.8, 4) is 5.75 Å². The van der Waals surface area contributed by atoms with E-state index < -0.39 is 0 Å². The van der Waals surface area contributed by atoms with Crippen LogP contribution in [0.4, 0.5) is 4.39 Å². The summed E-state index contributed by atoms with van der Waals surface area (Å²) in [5.74, 6) is 0.00844. The van der Waals surface area contributed by atoms with Crippen molar-refractivity contribution in [2.24, 2.45) is 0 Å². The fourth-order valence-electron chi connectivity index (χ4n) is 1.11. The number of ether oxygens (including phenoxy) is 2. The Morgan fingerprint density at radius 1 is 1.36 bits per heavy atom. The summed E-state index contributed by atoms with van der Waals surface area (Å²) in [4.78, 5) is 0. The van der Waals surface area contributed by atoms with Crippen molar-refractivity contribution in [2.45, 2.75) is 6.42 Å². The molecule has 0 N–H and O–H groups in total. The van der Waals surface area contributed by atoms with Crippen LogP contribution in [0.5, 0.6) is 5.75 Å². The van der Waals surface area contributed by atoms with Gasteiger partial charge in [-0.1, -0.05) is 11.5 Å². The lowest BCUT2D eigenvalue weighted by atomic mass is 9.96. The molecule has 0 fully saturated rings. The second-order valence-corrected chi connectivity index (χ2v) is 3.13. The van der Waals surface area contributed by atoms with E-state index in [2.05, 4.69) is 0 Å². The van der Waals surface area contributed by atoms with Gasteiger partial charge in [0.15, 0.2) is 11.6 Å². The molecule has 0 aliphatic rings. The molecule has 0 amide bonds. The van der Waals surface area contributed by atoms with Gasteiger partial charge in [0.1, 0.15) is 7.85 Å². The Balaban J connectivity index is 2.45. The van der Waals surface area contributed by atoms with Crippen molar-refractivity contribution in [3.63, 3.8) is 0 Å². The zero-order valence-corrected chi connectivity index (χ0v) is 8.55.